The highest BCUT2D eigenvalue weighted by molar-refractivity contribution is 9.10. The second-order valence-electron chi connectivity index (χ2n) is 7.47. The largest absolute Gasteiger partial charge is 0.425 e. The van der Waals surface area contributed by atoms with Crippen molar-refractivity contribution in [2.24, 2.45) is 0 Å². The number of carbonyl (C=O) groups excluding carboxylic acids is 1. The van der Waals surface area contributed by atoms with Crippen molar-refractivity contribution in [2.45, 2.75) is 70.0 Å². The lowest BCUT2D eigenvalue weighted by molar-refractivity contribution is -0.236. The number of halogens is 1. The molecule has 5 atom stereocenters. The molecule has 3 aliphatic rings. The fourth-order valence-electron chi connectivity index (χ4n) is 3.48. The van der Waals surface area contributed by atoms with Crippen molar-refractivity contribution in [1.29, 1.82) is 0 Å². The zero-order valence-corrected chi connectivity index (χ0v) is 16.5. The fourth-order valence-corrected chi connectivity index (χ4v) is 3.74. The first-order chi connectivity index (χ1) is 12.1. The lowest BCUT2D eigenvalue weighted by atomic mass is 9.99. The third-order valence-electron chi connectivity index (χ3n) is 4.42. The summed E-state index contributed by atoms with van der Waals surface area (Å²) in [6, 6.07) is 6.97. The first kappa shape index (κ1) is 18.3. The smallest absolute Gasteiger partial charge is 0.343 e. The van der Waals surface area contributed by atoms with E-state index in [-0.39, 0.29) is 0 Å². The molecule has 0 unspecified atom stereocenters. The Morgan fingerprint density at radius 1 is 0.923 bits per heavy atom. The van der Waals surface area contributed by atoms with Crippen molar-refractivity contribution in [1.82, 2.24) is 0 Å². The van der Waals surface area contributed by atoms with Gasteiger partial charge in [-0.25, -0.2) is 4.79 Å². The van der Waals surface area contributed by atoms with Gasteiger partial charge in [0.15, 0.2) is 24.0 Å². The summed E-state index contributed by atoms with van der Waals surface area (Å²) >= 11 is 3.35. The molecule has 0 N–H and O–H groups in total. The maximum atomic E-state index is 12.8. The van der Waals surface area contributed by atoms with Crippen LogP contribution in [-0.2, 0) is 28.5 Å². The lowest BCUT2D eigenvalue weighted by Gasteiger charge is -2.35. The second kappa shape index (κ2) is 6.25. The van der Waals surface area contributed by atoms with Crippen LogP contribution in [-0.4, -0.2) is 48.2 Å². The van der Waals surface area contributed by atoms with Crippen LogP contribution in [0.2, 0.25) is 0 Å². The maximum absolute atomic E-state index is 12.8. The predicted octanol–water partition coefficient (Wildman–Crippen LogP) is 2.75. The molecule has 0 saturated carbocycles. The van der Waals surface area contributed by atoms with Crippen molar-refractivity contribution in [3.63, 3.8) is 0 Å². The molecule has 3 heterocycles. The molecule has 7 nitrogen and oxygen atoms in total. The van der Waals surface area contributed by atoms with Gasteiger partial charge in [-0.15, -0.1) is 0 Å². The van der Waals surface area contributed by atoms with Gasteiger partial charge in [0, 0.05) is 4.47 Å². The number of hydrogen-bond acceptors (Lipinski definition) is 7. The SMILES string of the molecule is CC1(C)O[C@H]2[C@@H](O1)[C@H](C(=O)Oc1ccc(Br)cc1)O[C@H]1OC(C)(C)O[C@@H]12. The van der Waals surface area contributed by atoms with Crippen LogP contribution in [0.15, 0.2) is 28.7 Å². The number of esters is 1. The van der Waals surface area contributed by atoms with Gasteiger partial charge < -0.3 is 28.4 Å². The number of carbonyl (C=O) groups is 1. The Bertz CT molecular complexity index is 702. The Morgan fingerprint density at radius 2 is 1.50 bits per heavy atom. The van der Waals surface area contributed by atoms with E-state index in [0.717, 1.165) is 4.47 Å². The van der Waals surface area contributed by atoms with Crippen LogP contribution >= 0.6 is 15.9 Å². The van der Waals surface area contributed by atoms with Crippen LogP contribution < -0.4 is 4.74 Å². The first-order valence-corrected chi connectivity index (χ1v) is 9.27. The Kier molecular flexibility index (Phi) is 4.41. The van der Waals surface area contributed by atoms with Crippen molar-refractivity contribution in [2.75, 3.05) is 0 Å². The Morgan fingerprint density at radius 3 is 2.19 bits per heavy atom. The predicted molar refractivity (Wildman–Crippen MR) is 92.3 cm³/mol. The van der Waals surface area contributed by atoms with Crippen LogP contribution in [0, 0.1) is 0 Å². The van der Waals surface area contributed by atoms with E-state index in [4.69, 9.17) is 28.4 Å². The molecule has 0 radical (unpaired) electrons. The Hall–Kier alpha value is -1.03. The van der Waals surface area contributed by atoms with Crippen molar-refractivity contribution < 1.29 is 33.2 Å². The molecule has 1 aromatic rings. The van der Waals surface area contributed by atoms with Gasteiger partial charge in [0.2, 0.25) is 0 Å². The summed E-state index contributed by atoms with van der Waals surface area (Å²) in [6.45, 7) is 7.16. The van der Waals surface area contributed by atoms with Crippen molar-refractivity contribution in [3.05, 3.63) is 28.7 Å². The lowest BCUT2D eigenvalue weighted by Crippen LogP contribution is -2.58. The molecule has 8 heteroatoms. The van der Waals surface area contributed by atoms with E-state index in [0.29, 0.717) is 5.75 Å². The van der Waals surface area contributed by atoms with Gasteiger partial charge in [-0.2, -0.15) is 0 Å². The van der Waals surface area contributed by atoms with Gasteiger partial charge in [0.25, 0.3) is 0 Å². The topological polar surface area (TPSA) is 72.5 Å². The minimum atomic E-state index is -0.982. The molecule has 0 aliphatic carbocycles. The zero-order chi connectivity index (χ0) is 18.7. The fraction of sp³-hybridized carbons (Fsp3) is 0.611. The van der Waals surface area contributed by atoms with Gasteiger partial charge >= 0.3 is 5.97 Å². The highest BCUT2D eigenvalue weighted by Gasteiger charge is 2.62. The van der Waals surface area contributed by atoms with Crippen LogP contribution in [0.4, 0.5) is 0 Å². The van der Waals surface area contributed by atoms with Crippen LogP contribution in [0.1, 0.15) is 27.7 Å². The summed E-state index contributed by atoms with van der Waals surface area (Å²) in [6.07, 6.45) is -3.33. The Balaban J connectivity index is 1.57. The molecule has 3 saturated heterocycles. The zero-order valence-electron chi connectivity index (χ0n) is 14.9. The number of rotatable bonds is 2. The molecule has 0 bridgehead atoms. The van der Waals surface area contributed by atoms with E-state index in [1.165, 1.54) is 0 Å². The van der Waals surface area contributed by atoms with Crippen LogP contribution in [0.5, 0.6) is 5.75 Å². The normalized spacial score (nSPS) is 37.0. The van der Waals surface area contributed by atoms with Gasteiger partial charge in [-0.05, 0) is 52.0 Å². The number of ether oxygens (including phenoxy) is 6. The highest BCUT2D eigenvalue weighted by atomic mass is 79.9. The quantitative estimate of drug-likeness (QED) is 0.529. The first-order valence-electron chi connectivity index (χ1n) is 8.48. The van der Waals surface area contributed by atoms with E-state index < -0.39 is 48.2 Å². The molecule has 0 amide bonds. The molecule has 3 aliphatic heterocycles. The Labute approximate surface area is 160 Å². The summed E-state index contributed by atoms with van der Waals surface area (Å²) in [5.74, 6) is -1.83. The summed E-state index contributed by atoms with van der Waals surface area (Å²) in [5, 5.41) is 0. The van der Waals surface area contributed by atoms with Gasteiger partial charge in [0.1, 0.15) is 24.1 Å². The average Bonchev–Trinajstić information content (AvgIpc) is 3.02. The van der Waals surface area contributed by atoms with E-state index in [1.807, 2.05) is 0 Å². The summed E-state index contributed by atoms with van der Waals surface area (Å²) in [7, 11) is 0. The second-order valence-corrected chi connectivity index (χ2v) is 8.38. The molecule has 0 aromatic heterocycles. The minimum Gasteiger partial charge on any atom is -0.425 e. The molecular weight excluding hydrogens is 408 g/mol. The number of benzene rings is 1. The monoisotopic (exact) mass is 428 g/mol. The van der Waals surface area contributed by atoms with Crippen LogP contribution in [0.25, 0.3) is 0 Å². The third-order valence-corrected chi connectivity index (χ3v) is 4.95. The minimum absolute atomic E-state index is 0.419. The summed E-state index contributed by atoms with van der Waals surface area (Å²) in [4.78, 5) is 12.8. The molecule has 3 fully saturated rings. The average molecular weight is 429 g/mol. The van der Waals surface area contributed by atoms with E-state index in [9.17, 15) is 4.79 Å². The molecule has 1 aromatic carbocycles. The third kappa shape index (κ3) is 3.42. The van der Waals surface area contributed by atoms with E-state index in [2.05, 4.69) is 15.9 Å². The van der Waals surface area contributed by atoms with E-state index in [1.54, 1.807) is 52.0 Å². The number of fused-ring (bicyclic) bond motifs is 3. The molecule has 142 valence electrons. The van der Waals surface area contributed by atoms with Crippen molar-refractivity contribution >= 4 is 21.9 Å². The van der Waals surface area contributed by atoms with E-state index >= 15 is 0 Å². The standard InChI is InChI=1S/C18H21BrO7/c1-17(2)23-11-12(24-17)14-16(26-18(3,4)25-14)22-13(11)15(20)21-10-7-5-9(19)6-8-10/h5-8,11-14,16H,1-4H3/t11-,12+,13-,14-,16+/m1/s1. The van der Waals surface area contributed by atoms with Crippen LogP contribution in [0.3, 0.4) is 0 Å². The van der Waals surface area contributed by atoms with Crippen molar-refractivity contribution in [3.8, 4) is 5.75 Å². The van der Waals surface area contributed by atoms with Gasteiger partial charge in [-0.1, -0.05) is 15.9 Å². The summed E-state index contributed by atoms with van der Waals surface area (Å²) < 4.78 is 35.8. The highest BCUT2D eigenvalue weighted by Crippen LogP contribution is 2.44. The summed E-state index contributed by atoms with van der Waals surface area (Å²) in [5.41, 5.74) is 0. The molecule has 4 rings (SSSR count). The molecule has 26 heavy (non-hydrogen) atoms. The maximum Gasteiger partial charge on any atom is 0.343 e. The molecular formula is C18H21BrO7. The van der Waals surface area contributed by atoms with Gasteiger partial charge in [-0.3, -0.25) is 0 Å². The number of hydrogen-bond donors (Lipinski definition) is 0. The molecule has 0 spiro atoms. The van der Waals surface area contributed by atoms with Gasteiger partial charge in [0.05, 0.1) is 0 Å².